The summed E-state index contributed by atoms with van der Waals surface area (Å²) in [6, 6.07) is 13.2. The van der Waals surface area contributed by atoms with Crippen molar-refractivity contribution in [2.24, 2.45) is 5.92 Å². The van der Waals surface area contributed by atoms with Gasteiger partial charge in [-0.25, -0.2) is 9.18 Å². The van der Waals surface area contributed by atoms with Crippen molar-refractivity contribution in [2.75, 3.05) is 10.6 Å². The standard InChI is InChI=1S/C18H20FN3O2/c1-12(2)16(17(23)20-15-10-8-13(19)9-11-15)22-18(24)21-14-6-4-3-5-7-14/h3-12,16H,1-2H3,(H,20,23)(H2,21,22,24)/t16-/m1/s1. The molecule has 0 aliphatic heterocycles. The first-order valence-electron chi connectivity index (χ1n) is 7.64. The first-order chi connectivity index (χ1) is 11.5. The Balaban J connectivity index is 1.98. The second-order valence-electron chi connectivity index (χ2n) is 5.68. The maximum Gasteiger partial charge on any atom is 0.319 e. The molecule has 0 fully saturated rings. The number of anilines is 2. The predicted octanol–water partition coefficient (Wildman–Crippen LogP) is 3.61. The van der Waals surface area contributed by atoms with Crippen LogP contribution in [0.2, 0.25) is 0 Å². The van der Waals surface area contributed by atoms with E-state index in [9.17, 15) is 14.0 Å². The molecular weight excluding hydrogens is 309 g/mol. The minimum absolute atomic E-state index is 0.119. The number of carbonyl (C=O) groups excluding carboxylic acids is 2. The van der Waals surface area contributed by atoms with Crippen molar-refractivity contribution in [2.45, 2.75) is 19.9 Å². The van der Waals surface area contributed by atoms with Crippen LogP contribution in [0.15, 0.2) is 54.6 Å². The Labute approximate surface area is 140 Å². The molecule has 0 aliphatic carbocycles. The highest BCUT2D eigenvalue weighted by Gasteiger charge is 2.24. The normalized spacial score (nSPS) is 11.7. The van der Waals surface area contributed by atoms with E-state index in [2.05, 4.69) is 16.0 Å². The Kier molecular flexibility index (Phi) is 5.89. The van der Waals surface area contributed by atoms with Crippen LogP contribution in [-0.2, 0) is 4.79 Å². The zero-order valence-corrected chi connectivity index (χ0v) is 13.5. The van der Waals surface area contributed by atoms with Crippen molar-refractivity contribution in [3.63, 3.8) is 0 Å². The van der Waals surface area contributed by atoms with Crippen molar-refractivity contribution < 1.29 is 14.0 Å². The number of para-hydroxylation sites is 1. The average molecular weight is 329 g/mol. The van der Waals surface area contributed by atoms with Crippen LogP contribution in [0, 0.1) is 11.7 Å². The van der Waals surface area contributed by atoms with Gasteiger partial charge in [0, 0.05) is 11.4 Å². The largest absolute Gasteiger partial charge is 0.326 e. The van der Waals surface area contributed by atoms with Gasteiger partial charge in [-0.3, -0.25) is 4.79 Å². The van der Waals surface area contributed by atoms with E-state index in [0.29, 0.717) is 11.4 Å². The average Bonchev–Trinajstić information content (AvgIpc) is 2.55. The van der Waals surface area contributed by atoms with Gasteiger partial charge in [-0.1, -0.05) is 32.0 Å². The molecule has 3 N–H and O–H groups in total. The van der Waals surface area contributed by atoms with Gasteiger partial charge >= 0.3 is 6.03 Å². The topological polar surface area (TPSA) is 70.2 Å². The molecule has 0 aromatic heterocycles. The number of nitrogens with one attached hydrogen (secondary N) is 3. The van der Waals surface area contributed by atoms with Gasteiger partial charge in [-0.15, -0.1) is 0 Å². The Hall–Kier alpha value is -2.89. The number of benzene rings is 2. The summed E-state index contributed by atoms with van der Waals surface area (Å²) in [6.07, 6.45) is 0. The Morgan fingerprint density at radius 3 is 2.04 bits per heavy atom. The fraction of sp³-hybridized carbons (Fsp3) is 0.222. The van der Waals surface area contributed by atoms with Crippen molar-refractivity contribution in [1.82, 2.24) is 5.32 Å². The molecule has 0 saturated heterocycles. The number of amides is 3. The van der Waals surface area contributed by atoms with Gasteiger partial charge < -0.3 is 16.0 Å². The highest BCUT2D eigenvalue weighted by atomic mass is 19.1. The number of hydrogen-bond acceptors (Lipinski definition) is 2. The van der Waals surface area contributed by atoms with Gasteiger partial charge in [-0.05, 0) is 42.3 Å². The maximum absolute atomic E-state index is 12.9. The molecular formula is C18H20FN3O2. The van der Waals surface area contributed by atoms with Gasteiger partial charge in [0.1, 0.15) is 11.9 Å². The second-order valence-corrected chi connectivity index (χ2v) is 5.68. The van der Waals surface area contributed by atoms with E-state index < -0.39 is 12.1 Å². The summed E-state index contributed by atoms with van der Waals surface area (Å²) in [6.45, 7) is 3.66. The van der Waals surface area contributed by atoms with Crippen LogP contribution in [-0.4, -0.2) is 18.0 Å². The van der Waals surface area contributed by atoms with Crippen molar-refractivity contribution in [3.8, 4) is 0 Å². The first-order valence-corrected chi connectivity index (χ1v) is 7.64. The van der Waals surface area contributed by atoms with E-state index in [1.54, 1.807) is 24.3 Å². The zero-order valence-electron chi connectivity index (χ0n) is 13.5. The third kappa shape index (κ3) is 5.08. The number of rotatable bonds is 5. The summed E-state index contributed by atoms with van der Waals surface area (Å²) in [4.78, 5) is 24.5. The number of hydrogen-bond donors (Lipinski definition) is 3. The van der Waals surface area contributed by atoms with E-state index in [4.69, 9.17) is 0 Å². The first kappa shape index (κ1) is 17.5. The summed E-state index contributed by atoms with van der Waals surface area (Å²) in [5, 5.41) is 8.01. The quantitative estimate of drug-likeness (QED) is 0.784. The van der Waals surface area contributed by atoms with Crippen LogP contribution in [0.25, 0.3) is 0 Å². The fourth-order valence-corrected chi connectivity index (χ4v) is 2.12. The van der Waals surface area contributed by atoms with E-state index in [0.717, 1.165) is 0 Å². The van der Waals surface area contributed by atoms with Gasteiger partial charge in [0.15, 0.2) is 0 Å². The zero-order chi connectivity index (χ0) is 17.5. The molecule has 24 heavy (non-hydrogen) atoms. The number of urea groups is 1. The summed E-state index contributed by atoms with van der Waals surface area (Å²) in [5.74, 6) is -0.861. The van der Waals surface area contributed by atoms with E-state index in [1.807, 2.05) is 19.9 Å². The maximum atomic E-state index is 12.9. The van der Waals surface area contributed by atoms with E-state index in [1.165, 1.54) is 24.3 Å². The fourth-order valence-electron chi connectivity index (χ4n) is 2.12. The third-order valence-electron chi connectivity index (χ3n) is 3.38. The monoisotopic (exact) mass is 329 g/mol. The van der Waals surface area contributed by atoms with Crippen molar-refractivity contribution in [3.05, 3.63) is 60.4 Å². The molecule has 0 heterocycles. The van der Waals surface area contributed by atoms with Crippen LogP contribution >= 0.6 is 0 Å². The van der Waals surface area contributed by atoms with Crippen LogP contribution in [0.3, 0.4) is 0 Å². The lowest BCUT2D eigenvalue weighted by molar-refractivity contribution is -0.118. The summed E-state index contributed by atoms with van der Waals surface area (Å²) in [7, 11) is 0. The molecule has 0 saturated carbocycles. The minimum Gasteiger partial charge on any atom is -0.326 e. The molecule has 2 aromatic carbocycles. The van der Waals surface area contributed by atoms with Gasteiger partial charge in [-0.2, -0.15) is 0 Å². The molecule has 0 spiro atoms. The molecule has 5 nitrogen and oxygen atoms in total. The Morgan fingerprint density at radius 2 is 1.46 bits per heavy atom. The number of carbonyl (C=O) groups is 2. The van der Waals surface area contributed by atoms with E-state index >= 15 is 0 Å². The van der Waals surface area contributed by atoms with Gasteiger partial charge in [0.25, 0.3) is 0 Å². The summed E-state index contributed by atoms with van der Waals surface area (Å²) >= 11 is 0. The van der Waals surface area contributed by atoms with Crippen LogP contribution in [0.1, 0.15) is 13.8 Å². The molecule has 0 unspecified atom stereocenters. The predicted molar refractivity (Wildman–Crippen MR) is 92.3 cm³/mol. The second kappa shape index (κ2) is 8.10. The molecule has 126 valence electrons. The van der Waals surface area contributed by atoms with Gasteiger partial charge in [0.05, 0.1) is 0 Å². The summed E-state index contributed by atoms with van der Waals surface area (Å²) in [5.41, 5.74) is 1.11. The van der Waals surface area contributed by atoms with Crippen molar-refractivity contribution in [1.29, 1.82) is 0 Å². The number of halogens is 1. The lowest BCUT2D eigenvalue weighted by Crippen LogP contribution is -2.48. The SMILES string of the molecule is CC(C)[C@@H](NC(=O)Nc1ccccc1)C(=O)Nc1ccc(F)cc1. The Bertz CT molecular complexity index is 687. The smallest absolute Gasteiger partial charge is 0.319 e. The molecule has 3 amide bonds. The highest BCUT2D eigenvalue weighted by molar-refractivity contribution is 5.99. The Morgan fingerprint density at radius 1 is 0.875 bits per heavy atom. The lowest BCUT2D eigenvalue weighted by atomic mass is 10.0. The summed E-state index contributed by atoms with van der Waals surface area (Å²) < 4.78 is 12.9. The molecule has 2 aromatic rings. The molecule has 0 aliphatic rings. The minimum atomic E-state index is -0.723. The van der Waals surface area contributed by atoms with Crippen molar-refractivity contribution >= 4 is 23.3 Å². The van der Waals surface area contributed by atoms with Gasteiger partial charge in [0.2, 0.25) is 5.91 Å². The van der Waals surface area contributed by atoms with Crippen LogP contribution in [0.4, 0.5) is 20.6 Å². The third-order valence-corrected chi connectivity index (χ3v) is 3.38. The highest BCUT2D eigenvalue weighted by Crippen LogP contribution is 2.11. The lowest BCUT2D eigenvalue weighted by Gasteiger charge is -2.22. The molecule has 2 rings (SSSR count). The molecule has 1 atom stereocenters. The molecule has 6 heteroatoms. The molecule has 0 radical (unpaired) electrons. The molecule has 0 bridgehead atoms. The van der Waals surface area contributed by atoms with Crippen LogP contribution in [0.5, 0.6) is 0 Å². The van der Waals surface area contributed by atoms with Crippen LogP contribution < -0.4 is 16.0 Å². The van der Waals surface area contributed by atoms with E-state index in [-0.39, 0.29) is 17.6 Å².